The second kappa shape index (κ2) is 6.78. The van der Waals surface area contributed by atoms with E-state index in [4.69, 9.17) is 9.47 Å². The molecule has 1 aliphatic heterocycles. The number of para-hydroxylation sites is 2. The van der Waals surface area contributed by atoms with Crippen molar-refractivity contribution in [1.29, 1.82) is 0 Å². The van der Waals surface area contributed by atoms with E-state index in [-0.39, 0.29) is 24.6 Å². The number of fused-ring (bicyclic) bond motifs is 1. The van der Waals surface area contributed by atoms with Crippen LogP contribution in [0.3, 0.4) is 0 Å². The normalized spacial score (nSPS) is 17.0. The van der Waals surface area contributed by atoms with Gasteiger partial charge in [0.25, 0.3) is 0 Å². The van der Waals surface area contributed by atoms with Gasteiger partial charge in [0.15, 0.2) is 11.5 Å². The Hall–Kier alpha value is -2.12. The topological polar surface area (TPSA) is 55.8 Å². The quantitative estimate of drug-likeness (QED) is 0.831. The third-order valence-corrected chi connectivity index (χ3v) is 5.70. The number of hydrogen-bond acceptors (Lipinski definition) is 4. The minimum Gasteiger partial charge on any atom is -0.486 e. The van der Waals surface area contributed by atoms with Crippen LogP contribution >= 0.6 is 0 Å². The third kappa shape index (κ3) is 3.37. The first-order valence-corrected chi connectivity index (χ1v) is 9.09. The zero-order chi connectivity index (χ0) is 17.2. The summed E-state index contributed by atoms with van der Waals surface area (Å²) in [6.45, 7) is 2.37. The lowest BCUT2D eigenvalue weighted by Gasteiger charge is -2.30. The summed E-state index contributed by atoms with van der Waals surface area (Å²) in [7, 11) is -3.79. The lowest BCUT2D eigenvalue weighted by Crippen LogP contribution is -2.43. The van der Waals surface area contributed by atoms with Crippen LogP contribution in [-0.2, 0) is 10.0 Å². The summed E-state index contributed by atoms with van der Waals surface area (Å²) in [6.07, 6.45) is -0.428. The maximum Gasteiger partial charge on any atom is 0.243 e. The van der Waals surface area contributed by atoms with Gasteiger partial charge in [0.1, 0.15) is 18.5 Å². The summed E-state index contributed by atoms with van der Waals surface area (Å²) >= 11 is 0. The summed E-state index contributed by atoms with van der Waals surface area (Å²) < 4.78 is 51.5. The first-order chi connectivity index (χ1) is 11.5. The van der Waals surface area contributed by atoms with Crippen LogP contribution in [0.1, 0.15) is 6.92 Å². The third-order valence-electron chi connectivity index (χ3n) is 3.76. The molecule has 0 N–H and O–H groups in total. The van der Waals surface area contributed by atoms with Crippen LogP contribution in [0.5, 0.6) is 11.5 Å². The van der Waals surface area contributed by atoms with Gasteiger partial charge in [-0.2, -0.15) is 4.31 Å². The summed E-state index contributed by atoms with van der Waals surface area (Å²) in [5.74, 6) is 0.649. The molecule has 7 heteroatoms. The average Bonchev–Trinajstić information content (AvgIpc) is 2.59. The Balaban J connectivity index is 1.78. The van der Waals surface area contributed by atoms with Gasteiger partial charge >= 0.3 is 0 Å². The number of nitrogens with zero attached hydrogens (tertiary/aromatic N) is 1. The molecular formula is C17H18FNO4S. The number of rotatable bonds is 5. The van der Waals surface area contributed by atoms with Crippen LogP contribution < -0.4 is 9.47 Å². The molecular weight excluding hydrogens is 333 g/mol. The van der Waals surface area contributed by atoms with Crippen LogP contribution in [0.15, 0.2) is 53.4 Å². The molecule has 5 nitrogen and oxygen atoms in total. The van der Waals surface area contributed by atoms with Gasteiger partial charge in [-0.3, -0.25) is 0 Å². The van der Waals surface area contributed by atoms with Crippen LogP contribution in [-0.4, -0.2) is 38.5 Å². The summed E-state index contributed by atoms with van der Waals surface area (Å²) in [5, 5.41) is 0. The van der Waals surface area contributed by atoms with Crippen LogP contribution in [0.4, 0.5) is 4.39 Å². The van der Waals surface area contributed by atoms with Gasteiger partial charge in [0.05, 0.1) is 11.4 Å². The number of ether oxygens (including phenoxy) is 2. The fourth-order valence-corrected chi connectivity index (χ4v) is 4.07. The van der Waals surface area contributed by atoms with E-state index in [1.165, 1.54) is 22.5 Å². The first-order valence-electron chi connectivity index (χ1n) is 7.65. The van der Waals surface area contributed by atoms with E-state index in [2.05, 4.69) is 0 Å². The van der Waals surface area contributed by atoms with Crippen LogP contribution in [0.2, 0.25) is 0 Å². The minimum atomic E-state index is -3.79. The molecule has 0 bridgehead atoms. The summed E-state index contributed by atoms with van der Waals surface area (Å²) in [6, 6.07) is 12.2. The molecule has 0 aromatic heterocycles. The van der Waals surface area contributed by atoms with E-state index < -0.39 is 21.9 Å². The molecule has 0 spiro atoms. The van der Waals surface area contributed by atoms with Gasteiger partial charge < -0.3 is 9.47 Å². The van der Waals surface area contributed by atoms with E-state index in [1.807, 2.05) is 12.1 Å². The van der Waals surface area contributed by atoms with E-state index in [0.29, 0.717) is 11.5 Å². The monoisotopic (exact) mass is 351 g/mol. The van der Waals surface area contributed by atoms with Crippen molar-refractivity contribution in [2.24, 2.45) is 0 Å². The van der Waals surface area contributed by atoms with Gasteiger partial charge in [-0.05, 0) is 30.3 Å². The van der Waals surface area contributed by atoms with Gasteiger partial charge in [-0.15, -0.1) is 0 Å². The molecule has 1 heterocycles. The second-order valence-corrected chi connectivity index (χ2v) is 7.35. The Morgan fingerprint density at radius 3 is 2.62 bits per heavy atom. The molecule has 0 amide bonds. The van der Waals surface area contributed by atoms with Crippen molar-refractivity contribution < 1.29 is 22.3 Å². The maximum atomic E-state index is 13.4. The fourth-order valence-electron chi connectivity index (χ4n) is 2.55. The Morgan fingerprint density at radius 2 is 1.92 bits per heavy atom. The second-order valence-electron chi connectivity index (χ2n) is 5.41. The van der Waals surface area contributed by atoms with Crippen LogP contribution in [0.25, 0.3) is 0 Å². The van der Waals surface area contributed by atoms with Crippen molar-refractivity contribution in [3.8, 4) is 11.5 Å². The summed E-state index contributed by atoms with van der Waals surface area (Å²) in [5.41, 5.74) is 0. The molecule has 0 radical (unpaired) electrons. The smallest absolute Gasteiger partial charge is 0.243 e. The number of benzene rings is 2. The van der Waals surface area contributed by atoms with Crippen LogP contribution in [0, 0.1) is 5.82 Å². The molecule has 0 unspecified atom stereocenters. The van der Waals surface area contributed by atoms with Crippen molar-refractivity contribution in [2.45, 2.75) is 17.9 Å². The van der Waals surface area contributed by atoms with E-state index in [1.54, 1.807) is 19.1 Å². The Labute approximate surface area is 140 Å². The Kier molecular flexibility index (Phi) is 4.73. The highest BCUT2D eigenvalue weighted by atomic mass is 32.2. The molecule has 128 valence electrons. The molecule has 2 aromatic carbocycles. The Morgan fingerprint density at radius 1 is 1.17 bits per heavy atom. The van der Waals surface area contributed by atoms with E-state index >= 15 is 0 Å². The van der Waals surface area contributed by atoms with Gasteiger partial charge in [-0.1, -0.05) is 25.1 Å². The minimum absolute atomic E-state index is 0.0681. The van der Waals surface area contributed by atoms with Crippen molar-refractivity contribution in [1.82, 2.24) is 4.31 Å². The molecule has 1 atom stereocenters. The highest BCUT2D eigenvalue weighted by Crippen LogP contribution is 2.31. The molecule has 0 saturated carbocycles. The SMILES string of the molecule is CCN(C[C@H]1COc2ccccc2O1)S(=O)(=O)c1cccc(F)c1. The largest absolute Gasteiger partial charge is 0.486 e. The molecule has 0 fully saturated rings. The number of sulfonamides is 1. The molecule has 0 aliphatic carbocycles. The standard InChI is InChI=1S/C17H18FNO4S/c1-2-19(24(20,21)15-7-5-6-13(18)10-15)11-14-12-22-16-8-3-4-9-17(16)23-14/h3-10,14H,2,11-12H2,1H3/t14-/m0/s1. The van der Waals surface area contributed by atoms with E-state index in [9.17, 15) is 12.8 Å². The molecule has 24 heavy (non-hydrogen) atoms. The van der Waals surface area contributed by atoms with Crippen molar-refractivity contribution >= 4 is 10.0 Å². The highest BCUT2D eigenvalue weighted by molar-refractivity contribution is 7.89. The van der Waals surface area contributed by atoms with Crippen molar-refractivity contribution in [3.05, 3.63) is 54.3 Å². The zero-order valence-corrected chi connectivity index (χ0v) is 14.0. The zero-order valence-electron chi connectivity index (χ0n) is 13.2. The molecule has 2 aromatic rings. The first kappa shape index (κ1) is 16.7. The average molecular weight is 351 g/mol. The predicted molar refractivity (Wildman–Crippen MR) is 87.2 cm³/mol. The number of likely N-dealkylation sites (N-methyl/N-ethyl adjacent to an activating group) is 1. The molecule has 3 rings (SSSR count). The lowest BCUT2D eigenvalue weighted by atomic mass is 10.2. The Bertz CT molecular complexity index is 825. The van der Waals surface area contributed by atoms with E-state index in [0.717, 1.165) is 6.07 Å². The highest BCUT2D eigenvalue weighted by Gasteiger charge is 2.29. The van der Waals surface area contributed by atoms with Crippen molar-refractivity contribution in [2.75, 3.05) is 19.7 Å². The molecule has 1 aliphatic rings. The van der Waals surface area contributed by atoms with Gasteiger partial charge in [0, 0.05) is 6.54 Å². The van der Waals surface area contributed by atoms with Crippen molar-refractivity contribution in [3.63, 3.8) is 0 Å². The fraction of sp³-hybridized carbons (Fsp3) is 0.294. The summed E-state index contributed by atoms with van der Waals surface area (Å²) in [4.78, 5) is -0.0681. The molecule has 0 saturated heterocycles. The number of hydrogen-bond donors (Lipinski definition) is 0. The maximum absolute atomic E-state index is 13.4. The van der Waals surface area contributed by atoms with Gasteiger partial charge in [0.2, 0.25) is 10.0 Å². The lowest BCUT2D eigenvalue weighted by molar-refractivity contribution is 0.0771. The van der Waals surface area contributed by atoms with Gasteiger partial charge in [-0.25, -0.2) is 12.8 Å². The number of halogens is 1. The predicted octanol–water partition coefficient (Wildman–Crippen LogP) is 2.68.